The summed E-state index contributed by atoms with van der Waals surface area (Å²) in [6.07, 6.45) is 0. The molecule has 3 aromatic rings. The van der Waals surface area contributed by atoms with Gasteiger partial charge < -0.3 is 14.6 Å². The number of nitriles is 1. The second-order valence-electron chi connectivity index (χ2n) is 6.51. The van der Waals surface area contributed by atoms with Crippen molar-refractivity contribution in [1.29, 1.82) is 5.26 Å². The topological polar surface area (TPSA) is 102 Å². The fourth-order valence-electron chi connectivity index (χ4n) is 2.78. The van der Waals surface area contributed by atoms with Gasteiger partial charge in [0.25, 0.3) is 5.91 Å². The first-order valence-electron chi connectivity index (χ1n) is 9.10. The number of anilines is 1. The van der Waals surface area contributed by atoms with Crippen LogP contribution in [0.5, 0.6) is 5.75 Å². The summed E-state index contributed by atoms with van der Waals surface area (Å²) in [5.41, 5.74) is 0.938. The highest BCUT2D eigenvalue weighted by atomic mass is 35.5. The normalized spacial score (nSPS) is 11.3. The zero-order valence-corrected chi connectivity index (χ0v) is 18.0. The second-order valence-corrected chi connectivity index (χ2v) is 7.83. The zero-order valence-electron chi connectivity index (χ0n) is 16.4. The van der Waals surface area contributed by atoms with Gasteiger partial charge in [-0.3, -0.25) is 9.00 Å². The molecule has 6 nitrogen and oxygen atoms in total. The molecule has 0 radical (unpaired) electrons. The third-order valence-electron chi connectivity index (χ3n) is 4.43. The monoisotopic (exact) mass is 469 g/mol. The molecule has 0 heterocycles. The molecule has 1 atom stereocenters. The zero-order chi connectivity index (χ0) is 23.3. The summed E-state index contributed by atoms with van der Waals surface area (Å²) >= 11 is 3.47. The lowest BCUT2D eigenvalue weighted by Gasteiger charge is -2.16. The number of rotatable bonds is 7. The van der Waals surface area contributed by atoms with E-state index in [1.54, 1.807) is 30.3 Å². The molecule has 0 aliphatic rings. The van der Waals surface area contributed by atoms with E-state index in [9.17, 15) is 17.9 Å². The number of ether oxygens (including phenoxy) is 1. The molecular weight excluding hydrogens is 455 g/mol. The van der Waals surface area contributed by atoms with Crippen LogP contribution < -0.4 is 10.1 Å². The van der Waals surface area contributed by atoms with Crippen molar-refractivity contribution >= 4 is 39.8 Å². The minimum Gasteiger partial charge on any atom is -0.768 e. The molecule has 1 amide bonds. The van der Waals surface area contributed by atoms with Gasteiger partial charge in [0.15, 0.2) is 0 Å². The van der Waals surface area contributed by atoms with Crippen LogP contribution >= 0.6 is 11.6 Å². The highest BCUT2D eigenvalue weighted by Gasteiger charge is 2.14. The molecule has 3 rings (SSSR count). The Bertz CT molecular complexity index is 1270. The molecule has 0 aliphatic carbocycles. The molecule has 0 fully saturated rings. The Hall–Kier alpha value is -3.51. The third-order valence-corrected chi connectivity index (χ3v) is 5.50. The number of carbonyl (C=O) groups is 1. The van der Waals surface area contributed by atoms with Crippen LogP contribution in [0.1, 0.15) is 16.7 Å². The first kappa shape index (κ1) is 23.2. The van der Waals surface area contributed by atoms with Gasteiger partial charge >= 0.3 is 0 Å². The highest BCUT2D eigenvalue weighted by molar-refractivity contribution is 7.79. The summed E-state index contributed by atoms with van der Waals surface area (Å²) in [5.74, 6) is -1.02. The quantitative estimate of drug-likeness (QED) is 0.395. The average molecular weight is 470 g/mol. The van der Waals surface area contributed by atoms with E-state index in [4.69, 9.17) is 21.6 Å². The standard InChI is InChI=1S/C23H16ClFN2O4S/c1-14(19-4-2-3-5-20(19)24)23(28)27-17-7-6-15(22(11-17)32(29)30)13-31-18-8-9-21(25)16(10-18)12-26/h2-11H,1,13H2,(H,27,28)(H,29,30)/p-1. The Balaban J connectivity index is 1.76. The van der Waals surface area contributed by atoms with Gasteiger partial charge in [-0.15, -0.1) is 0 Å². The highest BCUT2D eigenvalue weighted by Crippen LogP contribution is 2.26. The van der Waals surface area contributed by atoms with Crippen molar-refractivity contribution in [2.45, 2.75) is 11.5 Å². The molecule has 0 aliphatic heterocycles. The molecule has 9 heteroatoms. The van der Waals surface area contributed by atoms with Crippen molar-refractivity contribution in [2.24, 2.45) is 0 Å². The number of halogens is 2. The van der Waals surface area contributed by atoms with Crippen LogP contribution in [-0.2, 0) is 22.5 Å². The maximum Gasteiger partial charge on any atom is 0.255 e. The number of hydrogen-bond donors (Lipinski definition) is 1. The van der Waals surface area contributed by atoms with Crippen LogP contribution in [0.4, 0.5) is 10.1 Å². The molecule has 1 unspecified atom stereocenters. The van der Waals surface area contributed by atoms with Crippen LogP contribution in [0, 0.1) is 17.1 Å². The minimum atomic E-state index is -2.62. The lowest BCUT2D eigenvalue weighted by molar-refractivity contribution is -0.111. The summed E-state index contributed by atoms with van der Waals surface area (Å²) in [5, 5.41) is 11.9. The molecule has 1 N–H and O–H groups in total. The van der Waals surface area contributed by atoms with E-state index in [0.29, 0.717) is 16.1 Å². The number of nitrogens with one attached hydrogen (secondary N) is 1. The van der Waals surface area contributed by atoms with Crippen molar-refractivity contribution in [3.8, 4) is 11.8 Å². The van der Waals surface area contributed by atoms with Crippen LogP contribution in [0.3, 0.4) is 0 Å². The smallest absolute Gasteiger partial charge is 0.255 e. The van der Waals surface area contributed by atoms with E-state index >= 15 is 0 Å². The SMILES string of the molecule is C=C(C(=O)Nc1ccc(COc2ccc(F)c(C#N)c2)c(S(=O)[O-])c1)c1ccccc1Cl. The summed E-state index contributed by atoms with van der Waals surface area (Å²) < 4.78 is 42.4. The molecule has 0 spiro atoms. The van der Waals surface area contributed by atoms with Gasteiger partial charge in [-0.2, -0.15) is 5.26 Å². The second kappa shape index (κ2) is 10.2. The Labute approximate surface area is 191 Å². The predicted molar refractivity (Wildman–Crippen MR) is 118 cm³/mol. The first-order valence-corrected chi connectivity index (χ1v) is 10.5. The number of benzene rings is 3. The number of nitrogens with zero attached hydrogens (tertiary/aromatic N) is 1. The Morgan fingerprint density at radius 3 is 2.66 bits per heavy atom. The fraction of sp³-hybridized carbons (Fsp3) is 0.0435. The number of carbonyl (C=O) groups excluding carboxylic acids is 1. The maximum atomic E-state index is 13.4. The first-order chi connectivity index (χ1) is 15.3. The Morgan fingerprint density at radius 1 is 1.22 bits per heavy atom. The molecule has 0 saturated heterocycles. The van der Waals surface area contributed by atoms with Gasteiger partial charge in [-0.1, -0.05) is 42.4 Å². The number of hydrogen-bond acceptors (Lipinski definition) is 5. The molecule has 162 valence electrons. The van der Waals surface area contributed by atoms with E-state index in [-0.39, 0.29) is 34.1 Å². The fourth-order valence-corrected chi connectivity index (χ4v) is 3.60. The van der Waals surface area contributed by atoms with E-state index in [2.05, 4.69) is 11.9 Å². The van der Waals surface area contributed by atoms with Gasteiger partial charge in [0, 0.05) is 38.4 Å². The van der Waals surface area contributed by atoms with Gasteiger partial charge in [0.2, 0.25) is 0 Å². The predicted octanol–water partition coefficient (Wildman–Crippen LogP) is 4.82. The number of amides is 1. The van der Waals surface area contributed by atoms with Crippen molar-refractivity contribution in [3.63, 3.8) is 0 Å². The summed E-state index contributed by atoms with van der Waals surface area (Å²) in [6.45, 7) is 3.60. The minimum absolute atomic E-state index is 0.0891. The summed E-state index contributed by atoms with van der Waals surface area (Å²) in [6, 6.07) is 16.3. The van der Waals surface area contributed by atoms with Gasteiger partial charge in [-0.05, 0) is 41.4 Å². The molecule has 0 bridgehead atoms. The van der Waals surface area contributed by atoms with Crippen molar-refractivity contribution in [2.75, 3.05) is 5.32 Å². The van der Waals surface area contributed by atoms with E-state index < -0.39 is 22.8 Å². The van der Waals surface area contributed by atoms with Gasteiger partial charge in [-0.25, -0.2) is 4.39 Å². The van der Waals surface area contributed by atoms with Crippen molar-refractivity contribution < 1.29 is 22.7 Å². The lowest BCUT2D eigenvalue weighted by Crippen LogP contribution is -2.14. The maximum absolute atomic E-state index is 13.4. The van der Waals surface area contributed by atoms with Crippen LogP contribution in [0.15, 0.2) is 72.1 Å². The molecule has 0 saturated carbocycles. The summed E-state index contributed by atoms with van der Waals surface area (Å²) in [7, 11) is 0. The van der Waals surface area contributed by atoms with Crippen LogP contribution in [0.25, 0.3) is 5.57 Å². The lowest BCUT2D eigenvalue weighted by atomic mass is 10.1. The van der Waals surface area contributed by atoms with E-state index in [0.717, 1.165) is 6.07 Å². The Kier molecular flexibility index (Phi) is 7.38. The van der Waals surface area contributed by atoms with Gasteiger partial charge in [0.05, 0.1) is 5.56 Å². The molecular formula is C23H15ClFN2O4S-. The van der Waals surface area contributed by atoms with E-state index in [1.165, 1.54) is 30.3 Å². The summed E-state index contributed by atoms with van der Waals surface area (Å²) in [4.78, 5) is 12.4. The third kappa shape index (κ3) is 5.39. The van der Waals surface area contributed by atoms with Crippen molar-refractivity contribution in [1.82, 2.24) is 0 Å². The Morgan fingerprint density at radius 2 is 1.97 bits per heavy atom. The average Bonchev–Trinajstić information content (AvgIpc) is 2.78. The molecule has 0 aromatic heterocycles. The van der Waals surface area contributed by atoms with E-state index in [1.807, 2.05) is 0 Å². The molecule has 32 heavy (non-hydrogen) atoms. The van der Waals surface area contributed by atoms with Crippen LogP contribution in [-0.4, -0.2) is 14.7 Å². The largest absolute Gasteiger partial charge is 0.768 e. The van der Waals surface area contributed by atoms with Crippen molar-refractivity contribution in [3.05, 3.63) is 94.8 Å². The molecule has 3 aromatic carbocycles. The van der Waals surface area contributed by atoms with Crippen LogP contribution in [0.2, 0.25) is 5.02 Å². The van der Waals surface area contributed by atoms with Gasteiger partial charge in [0.1, 0.15) is 24.2 Å².